The molecule has 4 heterocycles. The zero-order valence-corrected chi connectivity index (χ0v) is 36.8. The highest BCUT2D eigenvalue weighted by molar-refractivity contribution is 7.25. The summed E-state index contributed by atoms with van der Waals surface area (Å²) in [6, 6.07) is 63.3. The number of aliphatic imine (C=N–C) groups is 1. The average Bonchev–Trinajstić information content (AvgIpc) is 3.99. The second-order valence-corrected chi connectivity index (χ2v) is 19.6. The largest absolute Gasteiger partial charge is 0.455 e. The molecule has 0 fully saturated rings. The molecule has 2 aromatic heterocycles. The molecule has 0 saturated heterocycles. The van der Waals surface area contributed by atoms with E-state index in [1.165, 1.54) is 86.1 Å². The Balaban J connectivity index is 1.02. The number of thiophene rings is 1. The molecule has 0 amide bonds. The highest BCUT2D eigenvalue weighted by Crippen LogP contribution is 2.53. The van der Waals surface area contributed by atoms with E-state index >= 15 is 0 Å². The van der Waals surface area contributed by atoms with Gasteiger partial charge in [-0.25, -0.2) is 0 Å². The van der Waals surface area contributed by atoms with Crippen molar-refractivity contribution in [3.8, 4) is 0 Å². The van der Waals surface area contributed by atoms with Crippen molar-refractivity contribution >= 4 is 103 Å². The van der Waals surface area contributed by atoms with Gasteiger partial charge in [-0.1, -0.05) is 153 Å². The molecule has 0 bridgehead atoms. The molecule has 3 aliphatic rings. The first-order valence-corrected chi connectivity index (χ1v) is 24.0. The Morgan fingerprint density at radius 1 is 0.554 bits per heavy atom. The summed E-state index contributed by atoms with van der Waals surface area (Å²) in [4.78, 5) is 8.66. The number of allylic oxidation sites excluding steroid dienone is 2. The van der Waals surface area contributed by atoms with Crippen LogP contribution in [-0.2, 0) is 0 Å². The third-order valence-corrected chi connectivity index (χ3v) is 16.1. The fourth-order valence-electron chi connectivity index (χ4n) is 12.0. The van der Waals surface area contributed by atoms with Crippen LogP contribution in [0.25, 0.3) is 74.4 Å². The van der Waals surface area contributed by atoms with Crippen molar-refractivity contribution in [3.63, 3.8) is 0 Å². The lowest BCUT2D eigenvalue weighted by atomic mass is 9.78. The minimum Gasteiger partial charge on any atom is -0.455 e. The highest BCUT2D eigenvalue weighted by Gasteiger charge is 2.39. The van der Waals surface area contributed by atoms with Crippen molar-refractivity contribution in [1.82, 2.24) is 0 Å². The third kappa shape index (κ3) is 5.70. The van der Waals surface area contributed by atoms with E-state index in [9.17, 15) is 0 Å². The van der Waals surface area contributed by atoms with Gasteiger partial charge in [0.2, 0.25) is 0 Å². The third-order valence-electron chi connectivity index (χ3n) is 15.0. The topological polar surface area (TPSA) is 28.7 Å². The van der Waals surface area contributed by atoms with Crippen molar-refractivity contribution in [2.75, 3.05) is 4.90 Å². The van der Waals surface area contributed by atoms with Crippen molar-refractivity contribution in [3.05, 3.63) is 216 Å². The maximum atomic E-state index is 7.17. The molecular weight excluding hydrogens is 809 g/mol. The molecule has 0 saturated carbocycles. The molecule has 14 rings (SSSR count). The van der Waals surface area contributed by atoms with E-state index in [0.717, 1.165) is 40.5 Å². The van der Waals surface area contributed by atoms with Gasteiger partial charge in [-0.15, -0.1) is 11.3 Å². The molecule has 65 heavy (non-hydrogen) atoms. The van der Waals surface area contributed by atoms with Gasteiger partial charge in [-0.3, -0.25) is 4.99 Å². The summed E-state index contributed by atoms with van der Waals surface area (Å²) < 4.78 is 9.87. The summed E-state index contributed by atoms with van der Waals surface area (Å²) in [5.74, 6) is 0.661. The lowest BCUT2D eigenvalue weighted by Crippen LogP contribution is -2.28. The summed E-state index contributed by atoms with van der Waals surface area (Å²) in [6.45, 7) is 2.44. The number of benzene rings is 9. The Morgan fingerprint density at radius 2 is 1.28 bits per heavy atom. The highest BCUT2D eigenvalue weighted by atomic mass is 32.1. The lowest BCUT2D eigenvalue weighted by molar-refractivity contribution is 0.511. The van der Waals surface area contributed by atoms with E-state index in [1.54, 1.807) is 0 Å². The molecule has 2 aliphatic heterocycles. The van der Waals surface area contributed by atoms with E-state index in [2.05, 4.69) is 206 Å². The molecule has 4 heteroatoms. The van der Waals surface area contributed by atoms with Crippen LogP contribution in [0.3, 0.4) is 0 Å². The van der Waals surface area contributed by atoms with Gasteiger partial charge in [0.1, 0.15) is 11.2 Å². The molecule has 0 radical (unpaired) electrons. The van der Waals surface area contributed by atoms with Gasteiger partial charge >= 0.3 is 0 Å². The standard InChI is InChI=1S/C61H44N2OS/c1-36-44(47-21-12-24-57-59(47)48-20-9-11-23-56(48)65-57)29-30-52(62-60(36)42-26-25-37-13-2-3-15-39(37)31-42)51-34-43(35-55-58(51)49-28-27-38-14-6-7-18-45(38)61(49)64-55)63-53-22-10-8-19-46(53)50-32-40-16-4-5-17-41(40)33-54(50)63/h2-28,31-36,44,46,52-53H,29-30H2,1H3/t36-,44?,46?,52?,53?/m0/s1. The summed E-state index contributed by atoms with van der Waals surface area (Å²) in [7, 11) is 0. The van der Waals surface area contributed by atoms with Crippen molar-refractivity contribution in [2.24, 2.45) is 10.9 Å². The van der Waals surface area contributed by atoms with Crippen molar-refractivity contribution in [2.45, 2.75) is 43.7 Å². The number of hydrogen-bond donors (Lipinski definition) is 0. The van der Waals surface area contributed by atoms with E-state index in [4.69, 9.17) is 9.41 Å². The Hall–Kier alpha value is -7.27. The number of anilines is 2. The summed E-state index contributed by atoms with van der Waals surface area (Å²) in [5, 5.41) is 12.4. The number of furan rings is 1. The number of rotatable bonds is 4. The normalized spacial score (nSPS) is 20.7. The first-order valence-electron chi connectivity index (χ1n) is 23.1. The Morgan fingerprint density at radius 3 is 2.15 bits per heavy atom. The van der Waals surface area contributed by atoms with E-state index < -0.39 is 0 Å². The van der Waals surface area contributed by atoms with Gasteiger partial charge in [0.05, 0.1) is 12.1 Å². The van der Waals surface area contributed by atoms with Crippen LogP contribution in [-0.4, -0.2) is 11.8 Å². The van der Waals surface area contributed by atoms with Gasteiger partial charge in [0, 0.05) is 71.3 Å². The number of fused-ring (bicyclic) bond motifs is 13. The number of hydrogen-bond acceptors (Lipinski definition) is 4. The Kier molecular flexibility index (Phi) is 8.21. The van der Waals surface area contributed by atoms with E-state index in [-0.39, 0.29) is 29.8 Å². The molecule has 3 nitrogen and oxygen atoms in total. The molecule has 0 spiro atoms. The van der Waals surface area contributed by atoms with Gasteiger partial charge in [-0.2, -0.15) is 0 Å². The molecule has 9 aromatic carbocycles. The maximum Gasteiger partial charge on any atom is 0.143 e. The van der Waals surface area contributed by atoms with Crippen LogP contribution < -0.4 is 4.90 Å². The molecule has 11 aromatic rings. The average molecular weight is 853 g/mol. The van der Waals surface area contributed by atoms with Gasteiger partial charge < -0.3 is 9.32 Å². The van der Waals surface area contributed by atoms with Gasteiger partial charge in [0.15, 0.2) is 0 Å². The van der Waals surface area contributed by atoms with Crippen LogP contribution in [0, 0.1) is 5.92 Å². The first-order chi connectivity index (χ1) is 32.1. The van der Waals surface area contributed by atoms with Crippen LogP contribution in [0.1, 0.15) is 59.9 Å². The first kappa shape index (κ1) is 37.1. The Labute approximate surface area is 381 Å². The van der Waals surface area contributed by atoms with Gasteiger partial charge in [0.25, 0.3) is 0 Å². The molecule has 1 aliphatic carbocycles. The van der Waals surface area contributed by atoms with Crippen LogP contribution in [0.4, 0.5) is 11.4 Å². The second-order valence-electron chi connectivity index (χ2n) is 18.5. The minimum absolute atomic E-state index is 0.117. The number of nitrogens with zero attached hydrogens (tertiary/aromatic N) is 2. The monoisotopic (exact) mass is 852 g/mol. The maximum absolute atomic E-state index is 7.17. The van der Waals surface area contributed by atoms with Crippen molar-refractivity contribution < 1.29 is 4.42 Å². The predicted molar refractivity (Wildman–Crippen MR) is 276 cm³/mol. The van der Waals surface area contributed by atoms with Gasteiger partial charge in [-0.05, 0) is 110 Å². The summed E-state index contributed by atoms with van der Waals surface area (Å²) in [5.41, 5.74) is 10.7. The molecular formula is C61H44N2OS. The van der Waals surface area contributed by atoms with E-state index in [1.807, 2.05) is 11.3 Å². The molecule has 4 unspecified atom stereocenters. The minimum atomic E-state index is -0.117. The smallest absolute Gasteiger partial charge is 0.143 e. The SMILES string of the molecule is C[C@@H]1C(c2ccc3ccccc3c2)=NC(c2cc(N3c4cc5ccccc5cc4C4C=CC=CC43)cc3oc4c5ccccc5ccc4c23)CCC1c1cccc2sc3ccccc3c12. The fourth-order valence-corrected chi connectivity index (χ4v) is 13.1. The Bertz CT molecular complexity index is 3870. The van der Waals surface area contributed by atoms with Crippen LogP contribution in [0.2, 0.25) is 0 Å². The molecule has 0 N–H and O–H groups in total. The summed E-state index contributed by atoms with van der Waals surface area (Å²) in [6.07, 6.45) is 11.1. The molecule has 5 atom stereocenters. The molecule has 310 valence electrons. The van der Waals surface area contributed by atoms with Crippen molar-refractivity contribution in [1.29, 1.82) is 0 Å². The quantitative estimate of drug-likeness (QED) is 0.176. The summed E-state index contributed by atoms with van der Waals surface area (Å²) >= 11 is 1.91. The lowest BCUT2D eigenvalue weighted by Gasteiger charge is -2.29. The predicted octanol–water partition coefficient (Wildman–Crippen LogP) is 16.9. The fraction of sp³-hybridized carbons (Fsp3) is 0.131. The van der Waals surface area contributed by atoms with Crippen LogP contribution in [0.5, 0.6) is 0 Å². The zero-order chi connectivity index (χ0) is 42.8. The van der Waals surface area contributed by atoms with Crippen LogP contribution in [0.15, 0.2) is 204 Å². The zero-order valence-electron chi connectivity index (χ0n) is 36.0. The van der Waals surface area contributed by atoms with E-state index in [0.29, 0.717) is 0 Å². The van der Waals surface area contributed by atoms with Crippen LogP contribution >= 0.6 is 11.3 Å². The second kappa shape index (κ2) is 14.4.